The van der Waals surface area contributed by atoms with E-state index in [4.69, 9.17) is 9.78 Å². The summed E-state index contributed by atoms with van der Waals surface area (Å²) in [6.45, 7) is 4.68. The van der Waals surface area contributed by atoms with Gasteiger partial charge < -0.3 is 9.42 Å². The van der Waals surface area contributed by atoms with Gasteiger partial charge in [-0.1, -0.05) is 5.16 Å². The average molecular weight is 314 g/mol. The van der Waals surface area contributed by atoms with Crippen LogP contribution in [0.25, 0.3) is 0 Å². The first-order valence-corrected chi connectivity index (χ1v) is 7.76. The number of carbonyl (C=O) groups excluding carboxylic acids is 1. The topological polar surface area (TPSA) is 116 Å². The predicted molar refractivity (Wildman–Crippen MR) is 73.6 cm³/mol. The smallest absolute Gasteiger partial charge is 0.246 e. The molecular weight excluding hydrogens is 296 g/mol. The van der Waals surface area contributed by atoms with Crippen LogP contribution < -0.4 is 4.72 Å². The Morgan fingerprint density at radius 3 is 2.62 bits per heavy atom. The molecule has 0 aliphatic carbocycles. The van der Waals surface area contributed by atoms with E-state index in [9.17, 15) is 13.2 Å². The van der Waals surface area contributed by atoms with E-state index in [1.54, 1.807) is 0 Å². The highest BCUT2D eigenvalue weighted by Crippen LogP contribution is 2.19. The summed E-state index contributed by atoms with van der Waals surface area (Å²) >= 11 is 0. The number of nitrogens with one attached hydrogen (secondary N) is 1. The predicted octanol–water partition coefficient (Wildman–Crippen LogP) is 0.330. The Morgan fingerprint density at radius 2 is 2.14 bits per heavy atom. The summed E-state index contributed by atoms with van der Waals surface area (Å²) in [7, 11) is -2.38. The lowest BCUT2D eigenvalue weighted by Gasteiger charge is -2.21. The van der Waals surface area contributed by atoms with E-state index < -0.39 is 22.0 Å². The van der Waals surface area contributed by atoms with Crippen LogP contribution in [0.5, 0.6) is 0 Å². The molecule has 0 aromatic carbocycles. The van der Waals surface area contributed by atoms with Crippen LogP contribution in [0.15, 0.2) is 9.42 Å². The molecule has 1 aromatic rings. The van der Waals surface area contributed by atoms with E-state index >= 15 is 0 Å². The van der Waals surface area contributed by atoms with E-state index in [2.05, 4.69) is 9.88 Å². The molecule has 1 rings (SSSR count). The summed E-state index contributed by atoms with van der Waals surface area (Å²) in [6.07, 6.45) is 0.186. The molecule has 0 spiro atoms. The van der Waals surface area contributed by atoms with Gasteiger partial charge in [-0.25, -0.2) is 8.42 Å². The Morgan fingerprint density at radius 1 is 1.52 bits per heavy atom. The van der Waals surface area contributed by atoms with E-state index in [1.807, 2.05) is 6.07 Å². The standard InChI is InChI=1S/C12H18N4O4S/c1-8-11(10(3)20-14-8)21(18,19)15-9(2)12(17)16(4)7-5-6-13/h9,15H,5,7H2,1-4H3/t9-/m0/s1. The highest BCUT2D eigenvalue weighted by atomic mass is 32.2. The maximum atomic E-state index is 12.3. The van der Waals surface area contributed by atoms with Gasteiger partial charge in [0.25, 0.3) is 0 Å². The first-order chi connectivity index (χ1) is 9.70. The van der Waals surface area contributed by atoms with Crippen molar-refractivity contribution in [1.29, 1.82) is 5.26 Å². The van der Waals surface area contributed by atoms with Crippen molar-refractivity contribution in [3.8, 4) is 6.07 Å². The molecule has 0 bridgehead atoms. The number of sulfonamides is 1. The van der Waals surface area contributed by atoms with Gasteiger partial charge in [-0.2, -0.15) is 9.98 Å². The first-order valence-electron chi connectivity index (χ1n) is 6.27. The number of amides is 1. The summed E-state index contributed by atoms with van der Waals surface area (Å²) in [4.78, 5) is 13.3. The van der Waals surface area contributed by atoms with Gasteiger partial charge in [0.05, 0.1) is 18.5 Å². The summed E-state index contributed by atoms with van der Waals surface area (Å²) in [5.41, 5.74) is 0.234. The molecule has 0 unspecified atom stereocenters. The number of nitriles is 1. The normalized spacial score (nSPS) is 12.7. The van der Waals surface area contributed by atoms with Crippen LogP contribution in [0.3, 0.4) is 0 Å². The Balaban J connectivity index is 2.85. The highest BCUT2D eigenvalue weighted by molar-refractivity contribution is 7.89. The van der Waals surface area contributed by atoms with Crippen molar-refractivity contribution in [3.63, 3.8) is 0 Å². The molecule has 1 aromatic heterocycles. The van der Waals surface area contributed by atoms with Crippen molar-refractivity contribution < 1.29 is 17.7 Å². The van der Waals surface area contributed by atoms with Crippen molar-refractivity contribution in [3.05, 3.63) is 11.5 Å². The lowest BCUT2D eigenvalue weighted by Crippen LogP contribution is -2.45. The molecule has 0 saturated heterocycles. The lowest BCUT2D eigenvalue weighted by molar-refractivity contribution is -0.131. The molecule has 21 heavy (non-hydrogen) atoms. The maximum absolute atomic E-state index is 12.3. The van der Waals surface area contributed by atoms with Crippen LogP contribution in [0, 0.1) is 25.2 Å². The fourth-order valence-corrected chi connectivity index (χ4v) is 3.38. The third-order valence-electron chi connectivity index (χ3n) is 2.87. The van der Waals surface area contributed by atoms with Crippen LogP contribution in [-0.2, 0) is 14.8 Å². The number of hydrogen-bond donors (Lipinski definition) is 1. The number of carbonyl (C=O) groups is 1. The third-order valence-corrected chi connectivity index (χ3v) is 4.66. The molecule has 1 N–H and O–H groups in total. The minimum Gasteiger partial charge on any atom is -0.360 e. The fraction of sp³-hybridized carbons (Fsp3) is 0.583. The second-order valence-corrected chi connectivity index (χ2v) is 6.32. The van der Waals surface area contributed by atoms with Crippen LogP contribution >= 0.6 is 0 Å². The molecule has 8 nitrogen and oxygen atoms in total. The second-order valence-electron chi connectivity index (χ2n) is 4.66. The van der Waals surface area contributed by atoms with Crippen molar-refractivity contribution in [2.75, 3.05) is 13.6 Å². The van der Waals surface area contributed by atoms with Gasteiger partial charge in [-0.15, -0.1) is 0 Å². The molecule has 116 valence electrons. The molecular formula is C12H18N4O4S. The molecule has 0 radical (unpaired) electrons. The number of rotatable bonds is 6. The first kappa shape index (κ1) is 17.1. The van der Waals surface area contributed by atoms with Gasteiger partial charge in [0, 0.05) is 13.6 Å². The minimum atomic E-state index is -3.90. The SMILES string of the molecule is Cc1noc(C)c1S(=O)(=O)N[C@@H](C)C(=O)N(C)CCC#N. The molecule has 0 aliphatic heterocycles. The molecule has 0 fully saturated rings. The third kappa shape index (κ3) is 4.03. The number of aryl methyl sites for hydroxylation is 2. The van der Waals surface area contributed by atoms with Gasteiger partial charge >= 0.3 is 0 Å². The zero-order valence-electron chi connectivity index (χ0n) is 12.4. The van der Waals surface area contributed by atoms with Crippen LogP contribution in [-0.4, -0.2) is 44.0 Å². The number of nitrogens with zero attached hydrogens (tertiary/aromatic N) is 3. The molecule has 0 aliphatic rings. The van der Waals surface area contributed by atoms with Gasteiger partial charge in [-0.05, 0) is 20.8 Å². The zero-order chi connectivity index (χ0) is 16.2. The van der Waals surface area contributed by atoms with Crippen LogP contribution in [0.4, 0.5) is 0 Å². The fourth-order valence-electron chi connectivity index (χ4n) is 1.86. The Labute approximate surface area is 123 Å². The van der Waals surface area contributed by atoms with E-state index in [-0.39, 0.29) is 29.3 Å². The summed E-state index contributed by atoms with van der Waals surface area (Å²) in [6, 6.07) is 0.973. The number of likely N-dealkylation sites (N-methyl/N-ethyl adjacent to an activating group) is 1. The number of hydrogen-bond acceptors (Lipinski definition) is 6. The van der Waals surface area contributed by atoms with Crippen molar-refractivity contribution >= 4 is 15.9 Å². The van der Waals surface area contributed by atoms with Crippen molar-refractivity contribution in [2.45, 2.75) is 38.1 Å². The Bertz CT molecular complexity index is 640. The zero-order valence-corrected chi connectivity index (χ0v) is 13.2. The summed E-state index contributed by atoms with van der Waals surface area (Å²) < 4.78 is 31.6. The Kier molecular flexibility index (Phi) is 5.46. The minimum absolute atomic E-state index is 0.0539. The van der Waals surface area contributed by atoms with E-state index in [0.29, 0.717) is 0 Å². The molecule has 0 saturated carbocycles. The molecule has 9 heteroatoms. The van der Waals surface area contributed by atoms with Gasteiger partial charge in [-0.3, -0.25) is 4.79 Å². The van der Waals surface area contributed by atoms with Crippen molar-refractivity contribution in [1.82, 2.24) is 14.8 Å². The van der Waals surface area contributed by atoms with Gasteiger partial charge in [0.15, 0.2) is 5.76 Å². The van der Waals surface area contributed by atoms with E-state index in [1.165, 1.54) is 32.7 Å². The summed E-state index contributed by atoms with van der Waals surface area (Å²) in [5, 5.41) is 12.1. The average Bonchev–Trinajstić information content (AvgIpc) is 2.74. The molecule has 1 amide bonds. The highest BCUT2D eigenvalue weighted by Gasteiger charge is 2.29. The lowest BCUT2D eigenvalue weighted by atomic mass is 10.3. The van der Waals surface area contributed by atoms with Gasteiger partial charge in [0.2, 0.25) is 15.9 Å². The van der Waals surface area contributed by atoms with Crippen LogP contribution in [0.1, 0.15) is 24.8 Å². The number of aromatic nitrogens is 1. The Hall–Kier alpha value is -1.92. The summed E-state index contributed by atoms with van der Waals surface area (Å²) in [5.74, 6) is -0.252. The molecule has 1 atom stereocenters. The maximum Gasteiger partial charge on any atom is 0.246 e. The molecule has 1 heterocycles. The monoisotopic (exact) mass is 314 g/mol. The second kappa shape index (κ2) is 6.69. The van der Waals surface area contributed by atoms with Gasteiger partial charge in [0.1, 0.15) is 10.6 Å². The van der Waals surface area contributed by atoms with Crippen molar-refractivity contribution in [2.24, 2.45) is 0 Å². The largest absolute Gasteiger partial charge is 0.360 e. The van der Waals surface area contributed by atoms with E-state index in [0.717, 1.165) is 0 Å². The quantitative estimate of drug-likeness (QED) is 0.808. The van der Waals surface area contributed by atoms with Crippen LogP contribution in [0.2, 0.25) is 0 Å².